The lowest BCUT2D eigenvalue weighted by Gasteiger charge is -2.11. The second-order valence-electron chi connectivity index (χ2n) is 5.03. The Bertz CT molecular complexity index is 566. The molecule has 0 bridgehead atoms. The van der Waals surface area contributed by atoms with Gasteiger partial charge in [-0.05, 0) is 25.8 Å². The van der Waals surface area contributed by atoms with Crippen LogP contribution in [0.4, 0.5) is 0 Å². The molecular formula is C15H25IN6S. The summed E-state index contributed by atoms with van der Waals surface area (Å²) in [5.41, 5.74) is 1.11. The fourth-order valence-corrected chi connectivity index (χ4v) is 2.88. The van der Waals surface area contributed by atoms with Crippen molar-refractivity contribution in [1.82, 2.24) is 25.4 Å². The summed E-state index contributed by atoms with van der Waals surface area (Å²) in [6, 6.07) is 1.94. The van der Waals surface area contributed by atoms with E-state index in [4.69, 9.17) is 0 Å². The standard InChI is InChI=1S/C15H24N6S.HI/c1-13-12-22-14(20-13)6-3-7-17-15(16-2)18-8-4-10-21-11-5-9-19-21;/h5,9,11-12H,3-4,6-8,10H2,1-2H3,(H2,16,17,18);1H. The van der Waals surface area contributed by atoms with E-state index in [1.165, 1.54) is 5.01 Å². The number of thiazole rings is 1. The number of rotatable bonds is 8. The van der Waals surface area contributed by atoms with Gasteiger partial charge in [0.2, 0.25) is 0 Å². The van der Waals surface area contributed by atoms with Crippen LogP contribution in [0.3, 0.4) is 0 Å². The molecule has 2 heterocycles. The van der Waals surface area contributed by atoms with E-state index in [-0.39, 0.29) is 24.0 Å². The minimum atomic E-state index is 0. The van der Waals surface area contributed by atoms with Crippen molar-refractivity contribution < 1.29 is 0 Å². The molecule has 0 amide bonds. The van der Waals surface area contributed by atoms with Gasteiger partial charge in [-0.2, -0.15) is 5.10 Å². The Morgan fingerprint density at radius 2 is 2.09 bits per heavy atom. The summed E-state index contributed by atoms with van der Waals surface area (Å²) in [5, 5.41) is 14.1. The van der Waals surface area contributed by atoms with Crippen molar-refractivity contribution in [3.63, 3.8) is 0 Å². The van der Waals surface area contributed by atoms with E-state index in [1.807, 2.05) is 23.9 Å². The van der Waals surface area contributed by atoms with Gasteiger partial charge >= 0.3 is 0 Å². The SMILES string of the molecule is CN=C(NCCCc1nc(C)cs1)NCCCn1cccn1.I. The number of aromatic nitrogens is 3. The maximum Gasteiger partial charge on any atom is 0.190 e. The Morgan fingerprint density at radius 3 is 2.70 bits per heavy atom. The summed E-state index contributed by atoms with van der Waals surface area (Å²) in [5.74, 6) is 0.857. The van der Waals surface area contributed by atoms with Crippen molar-refractivity contribution in [1.29, 1.82) is 0 Å². The molecule has 0 aliphatic heterocycles. The van der Waals surface area contributed by atoms with Gasteiger partial charge in [0.25, 0.3) is 0 Å². The molecule has 0 saturated heterocycles. The molecule has 0 fully saturated rings. The van der Waals surface area contributed by atoms with Crippen LogP contribution in [0.2, 0.25) is 0 Å². The number of aliphatic imine (C=N–C) groups is 1. The van der Waals surface area contributed by atoms with Crippen molar-refractivity contribution in [2.45, 2.75) is 32.7 Å². The van der Waals surface area contributed by atoms with Gasteiger partial charge in [-0.1, -0.05) is 0 Å². The molecule has 128 valence electrons. The highest BCUT2D eigenvalue weighted by molar-refractivity contribution is 14.0. The number of aryl methyl sites for hydroxylation is 3. The molecule has 0 aromatic carbocycles. The zero-order chi connectivity index (χ0) is 15.6. The van der Waals surface area contributed by atoms with Crippen LogP contribution in [0.15, 0.2) is 28.8 Å². The largest absolute Gasteiger partial charge is 0.356 e. The van der Waals surface area contributed by atoms with E-state index in [0.29, 0.717) is 0 Å². The lowest BCUT2D eigenvalue weighted by Crippen LogP contribution is -2.38. The van der Waals surface area contributed by atoms with Gasteiger partial charge in [-0.3, -0.25) is 9.67 Å². The maximum atomic E-state index is 4.47. The predicted octanol–water partition coefficient (Wildman–Crippen LogP) is 2.45. The van der Waals surface area contributed by atoms with Crippen molar-refractivity contribution in [2.75, 3.05) is 20.1 Å². The van der Waals surface area contributed by atoms with Crippen LogP contribution in [0.25, 0.3) is 0 Å². The Labute approximate surface area is 158 Å². The molecule has 23 heavy (non-hydrogen) atoms. The van der Waals surface area contributed by atoms with E-state index < -0.39 is 0 Å². The fraction of sp³-hybridized carbons (Fsp3) is 0.533. The predicted molar refractivity (Wildman–Crippen MR) is 107 cm³/mol. The number of nitrogens with zero attached hydrogens (tertiary/aromatic N) is 4. The van der Waals surface area contributed by atoms with Crippen LogP contribution in [0, 0.1) is 6.92 Å². The molecule has 0 aliphatic carbocycles. The number of halogens is 1. The summed E-state index contributed by atoms with van der Waals surface area (Å²) in [7, 11) is 1.80. The molecular weight excluding hydrogens is 423 g/mol. The molecule has 0 spiro atoms. The molecule has 2 rings (SSSR count). The van der Waals surface area contributed by atoms with Crippen LogP contribution in [0.1, 0.15) is 23.5 Å². The van der Waals surface area contributed by atoms with Crippen LogP contribution < -0.4 is 10.6 Å². The summed E-state index contributed by atoms with van der Waals surface area (Å²) in [6.45, 7) is 4.73. The van der Waals surface area contributed by atoms with Crippen LogP contribution in [-0.2, 0) is 13.0 Å². The van der Waals surface area contributed by atoms with Gasteiger partial charge in [-0.15, -0.1) is 35.3 Å². The average Bonchev–Trinajstić information content (AvgIpc) is 3.17. The molecule has 0 unspecified atom stereocenters. The second-order valence-corrected chi connectivity index (χ2v) is 5.98. The quantitative estimate of drug-likeness (QED) is 0.282. The number of hydrogen-bond acceptors (Lipinski definition) is 4. The van der Waals surface area contributed by atoms with Crippen LogP contribution in [0.5, 0.6) is 0 Å². The smallest absolute Gasteiger partial charge is 0.190 e. The fourth-order valence-electron chi connectivity index (χ4n) is 2.07. The second kappa shape index (κ2) is 11.4. The molecule has 0 radical (unpaired) electrons. The minimum Gasteiger partial charge on any atom is -0.356 e. The molecule has 8 heteroatoms. The first-order valence-corrected chi connectivity index (χ1v) is 8.49. The lowest BCUT2D eigenvalue weighted by atomic mass is 10.3. The normalized spacial score (nSPS) is 11.1. The molecule has 2 aromatic rings. The summed E-state index contributed by atoms with van der Waals surface area (Å²) in [4.78, 5) is 8.70. The van der Waals surface area contributed by atoms with E-state index in [2.05, 4.69) is 31.1 Å². The Morgan fingerprint density at radius 1 is 1.30 bits per heavy atom. The maximum absolute atomic E-state index is 4.47. The first-order chi connectivity index (χ1) is 10.8. The first-order valence-electron chi connectivity index (χ1n) is 7.61. The third-order valence-corrected chi connectivity index (χ3v) is 4.19. The van der Waals surface area contributed by atoms with E-state index in [9.17, 15) is 0 Å². The number of guanidine groups is 1. The number of hydrogen-bond donors (Lipinski definition) is 2. The van der Waals surface area contributed by atoms with Gasteiger partial charge < -0.3 is 10.6 Å². The first kappa shape index (κ1) is 19.9. The highest BCUT2D eigenvalue weighted by Gasteiger charge is 2.00. The van der Waals surface area contributed by atoms with Crippen molar-refractivity contribution in [3.05, 3.63) is 34.5 Å². The van der Waals surface area contributed by atoms with E-state index in [1.54, 1.807) is 24.6 Å². The monoisotopic (exact) mass is 448 g/mol. The van der Waals surface area contributed by atoms with Crippen molar-refractivity contribution >= 4 is 41.3 Å². The Hall–Kier alpha value is -1.16. The van der Waals surface area contributed by atoms with Crippen molar-refractivity contribution in [3.8, 4) is 0 Å². The highest BCUT2D eigenvalue weighted by Crippen LogP contribution is 2.10. The third-order valence-electron chi connectivity index (χ3n) is 3.17. The summed E-state index contributed by atoms with van der Waals surface area (Å²) in [6.07, 6.45) is 6.87. The molecule has 2 N–H and O–H groups in total. The lowest BCUT2D eigenvalue weighted by molar-refractivity contribution is 0.570. The highest BCUT2D eigenvalue weighted by atomic mass is 127. The molecule has 6 nitrogen and oxygen atoms in total. The van der Waals surface area contributed by atoms with E-state index in [0.717, 1.165) is 50.6 Å². The topological polar surface area (TPSA) is 67.1 Å². The van der Waals surface area contributed by atoms with Crippen LogP contribution in [-0.4, -0.2) is 40.9 Å². The van der Waals surface area contributed by atoms with Crippen molar-refractivity contribution in [2.24, 2.45) is 4.99 Å². The zero-order valence-corrected chi connectivity index (χ0v) is 16.8. The zero-order valence-electron chi connectivity index (χ0n) is 13.7. The van der Waals surface area contributed by atoms with Gasteiger partial charge in [0.1, 0.15) is 0 Å². The molecule has 0 atom stereocenters. The van der Waals surface area contributed by atoms with Gasteiger partial charge in [0.15, 0.2) is 5.96 Å². The van der Waals surface area contributed by atoms with E-state index >= 15 is 0 Å². The molecule has 2 aromatic heterocycles. The minimum absolute atomic E-state index is 0. The van der Waals surface area contributed by atoms with Gasteiger partial charge in [-0.25, -0.2) is 4.98 Å². The van der Waals surface area contributed by atoms with Gasteiger partial charge in [0, 0.05) is 56.6 Å². The summed E-state index contributed by atoms with van der Waals surface area (Å²) >= 11 is 1.74. The summed E-state index contributed by atoms with van der Waals surface area (Å²) < 4.78 is 1.94. The molecule has 0 aliphatic rings. The Balaban J connectivity index is 0.00000264. The van der Waals surface area contributed by atoms with Gasteiger partial charge in [0.05, 0.1) is 5.01 Å². The van der Waals surface area contributed by atoms with Crippen LogP contribution >= 0.6 is 35.3 Å². The third kappa shape index (κ3) is 7.78. The molecule has 0 saturated carbocycles. The number of nitrogens with one attached hydrogen (secondary N) is 2. The average molecular weight is 448 g/mol. The Kier molecular flexibility index (Phi) is 9.85.